The first-order chi connectivity index (χ1) is 16.7. The summed E-state index contributed by atoms with van der Waals surface area (Å²) in [6.45, 7) is 3.72. The highest BCUT2D eigenvalue weighted by atomic mass is 35.5. The molecule has 1 aromatic heterocycles. The van der Waals surface area contributed by atoms with E-state index in [9.17, 15) is 13.2 Å². The lowest BCUT2D eigenvalue weighted by Crippen LogP contribution is -2.17. The van der Waals surface area contributed by atoms with Gasteiger partial charge in [0.25, 0.3) is 15.9 Å². The average Bonchev–Trinajstić information content (AvgIpc) is 3.29. The van der Waals surface area contributed by atoms with Crippen molar-refractivity contribution in [3.05, 3.63) is 82.4 Å². The number of methoxy groups -OCH3 is 1. The first kappa shape index (κ1) is 24.6. The topological polar surface area (TPSA) is 110 Å². The van der Waals surface area contributed by atoms with Crippen LogP contribution >= 0.6 is 22.9 Å². The normalized spacial score (nSPS) is 11.2. The van der Waals surface area contributed by atoms with Crippen molar-refractivity contribution in [2.24, 2.45) is 0 Å². The van der Waals surface area contributed by atoms with E-state index in [1.807, 2.05) is 25.1 Å². The molecular formula is C24H21ClN4O4S2. The van der Waals surface area contributed by atoms with E-state index in [0.717, 1.165) is 16.7 Å². The van der Waals surface area contributed by atoms with E-state index in [2.05, 4.69) is 20.2 Å². The van der Waals surface area contributed by atoms with Crippen LogP contribution in [0.15, 0.2) is 65.6 Å². The fraction of sp³-hybridized carbons (Fsp3) is 0.125. The van der Waals surface area contributed by atoms with Crippen LogP contribution < -0.4 is 14.8 Å². The fourth-order valence-corrected chi connectivity index (χ4v) is 5.67. The van der Waals surface area contributed by atoms with Gasteiger partial charge in [-0.3, -0.25) is 14.8 Å². The summed E-state index contributed by atoms with van der Waals surface area (Å²) in [6.07, 6.45) is 0. The van der Waals surface area contributed by atoms with Gasteiger partial charge in [-0.2, -0.15) is 0 Å². The molecule has 11 heteroatoms. The van der Waals surface area contributed by atoms with E-state index in [-0.39, 0.29) is 20.6 Å². The number of carbonyl (C=O) groups excluding carboxylic acids is 1. The van der Waals surface area contributed by atoms with Crippen molar-refractivity contribution in [1.82, 2.24) is 10.2 Å². The zero-order valence-corrected chi connectivity index (χ0v) is 21.4. The zero-order chi connectivity index (χ0) is 25.2. The highest BCUT2D eigenvalue weighted by Gasteiger charge is 2.22. The molecule has 3 aromatic carbocycles. The molecule has 0 spiro atoms. The van der Waals surface area contributed by atoms with Gasteiger partial charge in [0.1, 0.15) is 15.7 Å². The van der Waals surface area contributed by atoms with Crippen LogP contribution in [0, 0.1) is 13.8 Å². The number of nitrogens with one attached hydrogen (secondary N) is 2. The molecule has 4 aromatic rings. The number of aromatic nitrogens is 2. The lowest BCUT2D eigenvalue weighted by Gasteiger charge is -2.13. The summed E-state index contributed by atoms with van der Waals surface area (Å²) in [7, 11) is -2.46. The molecule has 0 aliphatic carbocycles. The molecule has 0 aliphatic heterocycles. The van der Waals surface area contributed by atoms with E-state index < -0.39 is 15.9 Å². The van der Waals surface area contributed by atoms with Crippen LogP contribution in [-0.2, 0) is 10.0 Å². The lowest BCUT2D eigenvalue weighted by molar-refractivity contribution is 0.102. The van der Waals surface area contributed by atoms with Crippen molar-refractivity contribution < 1.29 is 17.9 Å². The summed E-state index contributed by atoms with van der Waals surface area (Å²) in [5.41, 5.74) is 3.13. The number of sulfonamides is 1. The smallest absolute Gasteiger partial charge is 0.263 e. The summed E-state index contributed by atoms with van der Waals surface area (Å²) in [5.74, 6) is 0.175. The Kier molecular flexibility index (Phi) is 7.06. The van der Waals surface area contributed by atoms with Gasteiger partial charge < -0.3 is 4.74 Å². The maximum Gasteiger partial charge on any atom is 0.263 e. The summed E-state index contributed by atoms with van der Waals surface area (Å²) >= 11 is 7.38. The van der Waals surface area contributed by atoms with E-state index >= 15 is 0 Å². The Labute approximate surface area is 212 Å². The van der Waals surface area contributed by atoms with Gasteiger partial charge in [-0.1, -0.05) is 40.6 Å². The molecule has 0 aliphatic rings. The maximum atomic E-state index is 13.0. The Morgan fingerprint density at radius 2 is 1.74 bits per heavy atom. The maximum absolute atomic E-state index is 13.0. The Bertz CT molecular complexity index is 1500. The van der Waals surface area contributed by atoms with Crippen molar-refractivity contribution >= 4 is 49.7 Å². The fourth-order valence-electron chi connectivity index (χ4n) is 3.27. The van der Waals surface area contributed by atoms with Crippen LogP contribution in [0.3, 0.4) is 0 Å². The molecule has 35 heavy (non-hydrogen) atoms. The first-order valence-corrected chi connectivity index (χ1v) is 13.0. The molecule has 0 fully saturated rings. The minimum absolute atomic E-state index is 0.00322. The summed E-state index contributed by atoms with van der Waals surface area (Å²) in [6, 6.07) is 16.7. The molecule has 0 radical (unpaired) electrons. The number of anilines is 2. The third kappa shape index (κ3) is 5.61. The molecule has 0 saturated carbocycles. The number of nitrogens with zero attached hydrogens (tertiary/aromatic N) is 2. The third-order valence-electron chi connectivity index (χ3n) is 5.09. The zero-order valence-electron chi connectivity index (χ0n) is 19.0. The molecule has 4 rings (SSSR count). The third-order valence-corrected chi connectivity index (χ3v) is 7.83. The van der Waals surface area contributed by atoms with Crippen LogP contribution in [0.4, 0.5) is 10.8 Å². The molecule has 1 amide bonds. The van der Waals surface area contributed by atoms with Crippen molar-refractivity contribution in [1.29, 1.82) is 0 Å². The number of hydrogen-bond donors (Lipinski definition) is 2. The number of amides is 1. The predicted octanol–water partition coefficient (Wildman–Crippen LogP) is 5.54. The lowest BCUT2D eigenvalue weighted by atomic mass is 10.1. The van der Waals surface area contributed by atoms with Gasteiger partial charge in [0, 0.05) is 11.1 Å². The van der Waals surface area contributed by atoms with E-state index in [1.165, 1.54) is 29.5 Å². The molecule has 0 atom stereocenters. The number of benzene rings is 3. The van der Waals surface area contributed by atoms with Gasteiger partial charge in [0.2, 0.25) is 5.13 Å². The van der Waals surface area contributed by atoms with Gasteiger partial charge in [0.15, 0.2) is 0 Å². The van der Waals surface area contributed by atoms with Crippen molar-refractivity contribution in [2.45, 2.75) is 18.7 Å². The second-order valence-corrected chi connectivity index (χ2v) is 10.7. The number of hydrogen-bond acceptors (Lipinski definition) is 7. The Morgan fingerprint density at radius 3 is 2.43 bits per heavy atom. The van der Waals surface area contributed by atoms with E-state index in [4.69, 9.17) is 16.3 Å². The minimum atomic E-state index is -4.04. The van der Waals surface area contributed by atoms with Crippen LogP contribution in [0.5, 0.6) is 5.75 Å². The van der Waals surface area contributed by atoms with Gasteiger partial charge in [0.05, 0.1) is 17.8 Å². The summed E-state index contributed by atoms with van der Waals surface area (Å²) in [5, 5.41) is 11.7. The van der Waals surface area contributed by atoms with Crippen LogP contribution in [0.1, 0.15) is 21.5 Å². The van der Waals surface area contributed by atoms with Gasteiger partial charge in [-0.05, 0) is 67.9 Å². The predicted molar refractivity (Wildman–Crippen MR) is 138 cm³/mol. The molecule has 8 nitrogen and oxygen atoms in total. The first-order valence-electron chi connectivity index (χ1n) is 10.3. The molecule has 0 bridgehead atoms. The second-order valence-electron chi connectivity index (χ2n) is 7.66. The average molecular weight is 529 g/mol. The Morgan fingerprint density at radius 1 is 1.00 bits per heavy atom. The minimum Gasteiger partial charge on any atom is -0.497 e. The van der Waals surface area contributed by atoms with Crippen LogP contribution in [-0.4, -0.2) is 31.6 Å². The molecule has 2 N–H and O–H groups in total. The van der Waals surface area contributed by atoms with E-state index in [0.29, 0.717) is 16.4 Å². The molecule has 0 saturated heterocycles. The van der Waals surface area contributed by atoms with Gasteiger partial charge >= 0.3 is 0 Å². The van der Waals surface area contributed by atoms with Gasteiger partial charge in [-0.25, -0.2) is 8.42 Å². The Balaban J connectivity index is 1.54. The second kappa shape index (κ2) is 10.0. The molecule has 1 heterocycles. The molecule has 0 unspecified atom stereocenters. The van der Waals surface area contributed by atoms with Crippen molar-refractivity contribution in [3.63, 3.8) is 0 Å². The van der Waals surface area contributed by atoms with Gasteiger partial charge in [-0.15, -0.1) is 10.2 Å². The highest BCUT2D eigenvalue weighted by Crippen LogP contribution is 2.29. The Hall–Kier alpha value is -3.47. The highest BCUT2D eigenvalue weighted by molar-refractivity contribution is 7.92. The largest absolute Gasteiger partial charge is 0.497 e. The van der Waals surface area contributed by atoms with Crippen LogP contribution in [0.2, 0.25) is 5.02 Å². The van der Waals surface area contributed by atoms with Crippen molar-refractivity contribution in [3.8, 4) is 16.3 Å². The quantitative estimate of drug-likeness (QED) is 0.326. The SMILES string of the molecule is COc1ccc(-c2nnc(NC(=O)c3ccc(Cl)c(S(=O)(=O)Nc4ccc(C)cc4C)c3)s2)cc1. The standard InChI is InChI=1S/C24H21ClN4O4S2/c1-14-4-11-20(15(2)12-14)29-35(31,32)21-13-17(7-10-19(21)25)22(30)26-24-28-27-23(34-24)16-5-8-18(33-3)9-6-16/h4-13,29H,1-3H3,(H,26,28,30). The monoisotopic (exact) mass is 528 g/mol. The summed E-state index contributed by atoms with van der Waals surface area (Å²) < 4.78 is 33.8. The number of aryl methyl sites for hydroxylation is 2. The molecule has 180 valence electrons. The molecular weight excluding hydrogens is 508 g/mol. The summed E-state index contributed by atoms with van der Waals surface area (Å²) in [4.78, 5) is 12.6. The number of ether oxygens (including phenoxy) is 1. The number of carbonyl (C=O) groups is 1. The number of halogens is 1. The van der Waals surface area contributed by atoms with E-state index in [1.54, 1.807) is 38.3 Å². The van der Waals surface area contributed by atoms with Crippen molar-refractivity contribution in [2.75, 3.05) is 17.1 Å². The van der Waals surface area contributed by atoms with Crippen LogP contribution in [0.25, 0.3) is 10.6 Å². The number of rotatable bonds is 7.